The first-order valence-electron chi connectivity index (χ1n) is 6.21. The third-order valence-corrected chi connectivity index (χ3v) is 4.50. The van der Waals surface area contributed by atoms with Gasteiger partial charge in [0.1, 0.15) is 5.60 Å². The molecule has 0 bridgehead atoms. The summed E-state index contributed by atoms with van der Waals surface area (Å²) in [5, 5.41) is 0. The van der Waals surface area contributed by atoms with E-state index in [0.29, 0.717) is 4.31 Å². The zero-order valence-electron chi connectivity index (χ0n) is 11.4. The molecular formula is C11H17F2NO5S. The fraction of sp³-hybridized carbons (Fsp3) is 0.909. The van der Waals surface area contributed by atoms with E-state index in [2.05, 4.69) is 4.18 Å². The molecule has 0 spiro atoms. The molecule has 2 fully saturated rings. The molecule has 1 aliphatic heterocycles. The monoisotopic (exact) mass is 313 g/mol. The second-order valence-corrected chi connectivity index (χ2v) is 7.59. The Kier molecular flexibility index (Phi) is 3.49. The van der Waals surface area contributed by atoms with Gasteiger partial charge in [0.25, 0.3) is 0 Å². The first-order chi connectivity index (χ1) is 8.91. The Bertz CT molecular complexity index is 505. The Balaban J connectivity index is 2.15. The van der Waals surface area contributed by atoms with Crippen molar-refractivity contribution in [3.05, 3.63) is 0 Å². The van der Waals surface area contributed by atoms with Crippen molar-refractivity contribution < 1.29 is 30.9 Å². The summed E-state index contributed by atoms with van der Waals surface area (Å²) in [6, 6.07) is -0.922. The summed E-state index contributed by atoms with van der Waals surface area (Å²) in [4.78, 5) is 11.9. The normalized spacial score (nSPS) is 29.1. The van der Waals surface area contributed by atoms with Gasteiger partial charge in [-0.3, -0.25) is 4.18 Å². The summed E-state index contributed by atoms with van der Waals surface area (Å²) in [5.41, 5.74) is -0.886. The second kappa shape index (κ2) is 4.52. The number of nitrogens with zero attached hydrogens (tertiary/aromatic N) is 1. The lowest BCUT2D eigenvalue weighted by Gasteiger charge is -2.40. The van der Waals surface area contributed by atoms with Crippen molar-refractivity contribution in [3.8, 4) is 0 Å². The van der Waals surface area contributed by atoms with Crippen molar-refractivity contribution in [1.29, 1.82) is 0 Å². The van der Waals surface area contributed by atoms with Crippen molar-refractivity contribution in [2.45, 2.75) is 51.2 Å². The molecule has 116 valence electrons. The molecule has 1 unspecified atom stereocenters. The van der Waals surface area contributed by atoms with Gasteiger partial charge in [-0.2, -0.15) is 12.7 Å². The van der Waals surface area contributed by atoms with Crippen molar-refractivity contribution in [1.82, 2.24) is 4.31 Å². The first-order valence-corrected chi connectivity index (χ1v) is 7.57. The Hall–Kier alpha value is -0.960. The Morgan fingerprint density at radius 1 is 1.35 bits per heavy atom. The maximum Gasteiger partial charge on any atom is 0.426 e. The minimum absolute atomic E-state index is 0.303. The number of ether oxygens (including phenoxy) is 1. The fourth-order valence-corrected chi connectivity index (χ4v) is 3.50. The van der Waals surface area contributed by atoms with Crippen LogP contribution in [-0.4, -0.2) is 43.0 Å². The zero-order chi connectivity index (χ0) is 15.3. The number of carbonyl (C=O) groups excluding carboxylic acids is 1. The minimum Gasteiger partial charge on any atom is -0.443 e. The summed E-state index contributed by atoms with van der Waals surface area (Å²) in [6.45, 7) is 4.45. The number of halogens is 2. The SMILES string of the molecule is CC(C)(C)OC(=O)N1C(C2CC(F)(F)C2)COS1(=O)=O. The van der Waals surface area contributed by atoms with Crippen LogP contribution in [0.4, 0.5) is 13.6 Å². The Morgan fingerprint density at radius 3 is 2.35 bits per heavy atom. The van der Waals surface area contributed by atoms with Crippen LogP contribution in [-0.2, 0) is 19.2 Å². The molecule has 0 aromatic rings. The number of hydrogen-bond donors (Lipinski definition) is 0. The van der Waals surface area contributed by atoms with Crippen LogP contribution < -0.4 is 0 Å². The third kappa shape index (κ3) is 3.03. The van der Waals surface area contributed by atoms with Crippen LogP contribution in [0.25, 0.3) is 0 Å². The molecule has 1 saturated heterocycles. The maximum atomic E-state index is 12.9. The predicted octanol–water partition coefficient (Wildman–Crippen LogP) is 1.91. The molecule has 2 rings (SSSR count). The van der Waals surface area contributed by atoms with Crippen molar-refractivity contribution in [2.24, 2.45) is 5.92 Å². The molecule has 1 amide bonds. The molecule has 1 saturated carbocycles. The van der Waals surface area contributed by atoms with Crippen molar-refractivity contribution in [3.63, 3.8) is 0 Å². The highest BCUT2D eigenvalue weighted by Gasteiger charge is 2.56. The molecule has 0 N–H and O–H groups in total. The van der Waals surface area contributed by atoms with E-state index >= 15 is 0 Å². The largest absolute Gasteiger partial charge is 0.443 e. The fourth-order valence-electron chi connectivity index (χ4n) is 2.29. The highest BCUT2D eigenvalue weighted by molar-refractivity contribution is 7.85. The van der Waals surface area contributed by atoms with Crippen molar-refractivity contribution >= 4 is 16.4 Å². The summed E-state index contributed by atoms with van der Waals surface area (Å²) >= 11 is 0. The van der Waals surface area contributed by atoms with Gasteiger partial charge in [-0.05, 0) is 26.7 Å². The maximum absolute atomic E-state index is 12.9. The average Bonchev–Trinajstić information content (AvgIpc) is 2.47. The van der Waals surface area contributed by atoms with Crippen LogP contribution in [0.3, 0.4) is 0 Å². The molecule has 0 radical (unpaired) electrons. The molecular weight excluding hydrogens is 296 g/mol. The van der Waals surface area contributed by atoms with Crippen LogP contribution in [0.15, 0.2) is 0 Å². The van der Waals surface area contributed by atoms with Gasteiger partial charge in [0, 0.05) is 12.8 Å². The van der Waals surface area contributed by atoms with E-state index in [1.807, 2.05) is 0 Å². The number of rotatable bonds is 1. The topological polar surface area (TPSA) is 72.9 Å². The number of amides is 1. The highest BCUT2D eigenvalue weighted by Crippen LogP contribution is 2.47. The zero-order valence-corrected chi connectivity index (χ0v) is 12.2. The molecule has 1 atom stereocenters. The molecule has 0 aromatic heterocycles. The van der Waals surface area contributed by atoms with E-state index in [1.54, 1.807) is 20.8 Å². The first kappa shape index (κ1) is 15.4. The Labute approximate surface area is 116 Å². The quantitative estimate of drug-likeness (QED) is 0.739. The van der Waals surface area contributed by atoms with E-state index in [0.717, 1.165) is 0 Å². The summed E-state index contributed by atoms with van der Waals surface area (Å²) < 4.78 is 59.3. The van der Waals surface area contributed by atoms with Gasteiger partial charge in [-0.1, -0.05) is 0 Å². The van der Waals surface area contributed by atoms with Gasteiger partial charge in [-0.15, -0.1) is 0 Å². The van der Waals surface area contributed by atoms with Gasteiger partial charge >= 0.3 is 16.4 Å². The third-order valence-electron chi connectivity index (χ3n) is 3.17. The van der Waals surface area contributed by atoms with Crippen LogP contribution in [0.5, 0.6) is 0 Å². The summed E-state index contributed by atoms with van der Waals surface area (Å²) in [6.07, 6.45) is -1.98. The van der Waals surface area contributed by atoms with Crippen LogP contribution in [0, 0.1) is 5.92 Å². The smallest absolute Gasteiger partial charge is 0.426 e. The van der Waals surface area contributed by atoms with Gasteiger partial charge in [0.05, 0.1) is 12.6 Å². The average molecular weight is 313 g/mol. The Morgan fingerprint density at radius 2 is 1.90 bits per heavy atom. The molecule has 20 heavy (non-hydrogen) atoms. The molecule has 1 heterocycles. The predicted molar refractivity (Wildman–Crippen MR) is 64.4 cm³/mol. The minimum atomic E-state index is -4.25. The van der Waals surface area contributed by atoms with Crippen LogP contribution in [0.1, 0.15) is 33.6 Å². The number of alkyl halides is 2. The lowest BCUT2D eigenvalue weighted by atomic mass is 9.76. The summed E-state index contributed by atoms with van der Waals surface area (Å²) in [7, 11) is -4.25. The van der Waals surface area contributed by atoms with E-state index in [9.17, 15) is 22.0 Å². The van der Waals surface area contributed by atoms with Gasteiger partial charge in [-0.25, -0.2) is 13.6 Å². The molecule has 1 aliphatic carbocycles. The standard InChI is InChI=1S/C11H17F2NO5S/c1-10(2,3)19-9(15)14-8(6-18-20(14,16)17)7-4-11(12,13)5-7/h7-8H,4-6H2,1-3H3. The number of carbonyl (C=O) groups is 1. The van der Waals surface area contributed by atoms with E-state index in [1.165, 1.54) is 0 Å². The second-order valence-electron chi connectivity index (χ2n) is 6.11. The lowest BCUT2D eigenvalue weighted by Crippen LogP contribution is -2.51. The van der Waals surface area contributed by atoms with Gasteiger partial charge in [0.15, 0.2) is 0 Å². The van der Waals surface area contributed by atoms with E-state index in [-0.39, 0.29) is 6.61 Å². The van der Waals surface area contributed by atoms with Crippen LogP contribution >= 0.6 is 0 Å². The molecule has 6 nitrogen and oxygen atoms in total. The van der Waals surface area contributed by atoms with Gasteiger partial charge < -0.3 is 4.74 Å². The lowest BCUT2D eigenvalue weighted by molar-refractivity contribution is -0.124. The molecule has 0 aromatic carbocycles. The van der Waals surface area contributed by atoms with Crippen LogP contribution in [0.2, 0.25) is 0 Å². The molecule has 2 aliphatic rings. The van der Waals surface area contributed by atoms with Crippen molar-refractivity contribution in [2.75, 3.05) is 6.61 Å². The van der Waals surface area contributed by atoms with E-state index < -0.39 is 52.7 Å². The van der Waals surface area contributed by atoms with Gasteiger partial charge in [0.2, 0.25) is 5.92 Å². The highest BCUT2D eigenvalue weighted by atomic mass is 32.2. The molecule has 9 heteroatoms. The number of hydrogen-bond acceptors (Lipinski definition) is 5. The summed E-state index contributed by atoms with van der Waals surface area (Å²) in [5.74, 6) is -3.40. The van der Waals surface area contributed by atoms with E-state index in [4.69, 9.17) is 4.74 Å².